The van der Waals surface area contributed by atoms with Crippen molar-refractivity contribution in [2.24, 2.45) is 47.3 Å². The molecule has 1 heterocycles. The number of ether oxygens (including phenoxy) is 2. The highest BCUT2D eigenvalue weighted by atomic mass is 16.5. The van der Waals surface area contributed by atoms with E-state index in [0.717, 1.165) is 24.7 Å². The number of hydrogen-bond acceptors (Lipinski definition) is 4. The first-order chi connectivity index (χ1) is 15.8. The van der Waals surface area contributed by atoms with Gasteiger partial charge in [-0.25, -0.2) is 0 Å². The van der Waals surface area contributed by atoms with Crippen LogP contribution in [0.4, 0.5) is 0 Å². The summed E-state index contributed by atoms with van der Waals surface area (Å²) < 4.78 is 11.7. The van der Waals surface area contributed by atoms with E-state index in [1.807, 2.05) is 14.2 Å². The van der Waals surface area contributed by atoms with Crippen LogP contribution in [0, 0.1) is 47.3 Å². The third-order valence-electron chi connectivity index (χ3n) is 10.0. The minimum Gasteiger partial charge on any atom is -0.501 e. The number of allylic oxidation sites excluding steroid dienone is 2. The number of rotatable bonds is 7. The quantitative estimate of drug-likeness (QED) is 0.478. The Bertz CT molecular complexity index is 674. The normalized spacial score (nSPS) is 42.2. The second-order valence-corrected chi connectivity index (χ2v) is 12.5. The van der Waals surface area contributed by atoms with E-state index in [1.54, 1.807) is 0 Å². The van der Waals surface area contributed by atoms with E-state index in [9.17, 15) is 5.11 Å². The molecule has 2 saturated carbocycles. The average molecular weight is 462 g/mol. The van der Waals surface area contributed by atoms with Gasteiger partial charge in [-0.3, -0.25) is 5.32 Å². The van der Waals surface area contributed by atoms with Crippen LogP contribution in [0.25, 0.3) is 0 Å². The lowest BCUT2D eigenvalue weighted by Gasteiger charge is -2.41. The van der Waals surface area contributed by atoms with Crippen LogP contribution in [-0.4, -0.2) is 37.7 Å². The molecule has 0 aromatic carbocycles. The van der Waals surface area contributed by atoms with Crippen LogP contribution < -0.4 is 5.32 Å². The maximum Gasteiger partial charge on any atom is 0.108 e. The molecule has 4 heteroatoms. The molecule has 0 radical (unpaired) electrons. The first-order valence-corrected chi connectivity index (χ1v) is 14.1. The van der Waals surface area contributed by atoms with E-state index in [2.05, 4.69) is 33.0 Å². The van der Waals surface area contributed by atoms with Crippen LogP contribution in [0.3, 0.4) is 0 Å². The molecule has 3 fully saturated rings. The van der Waals surface area contributed by atoms with Crippen molar-refractivity contribution in [3.63, 3.8) is 0 Å². The Balaban J connectivity index is 1.40. The molecule has 3 aliphatic carbocycles. The molecule has 4 nitrogen and oxygen atoms in total. The summed E-state index contributed by atoms with van der Waals surface area (Å²) in [7, 11) is 3.75. The Morgan fingerprint density at radius 1 is 0.970 bits per heavy atom. The van der Waals surface area contributed by atoms with Crippen LogP contribution in [0.1, 0.15) is 91.9 Å². The van der Waals surface area contributed by atoms with E-state index >= 15 is 0 Å². The zero-order chi connectivity index (χ0) is 23.7. The minimum absolute atomic E-state index is 0.329. The number of aliphatic hydroxyl groups excluding tert-OH is 1. The largest absolute Gasteiger partial charge is 0.501 e. The highest BCUT2D eigenvalue weighted by Crippen LogP contribution is 2.49. The molecule has 4 aliphatic rings. The standard InChI is InChI=1S/C29H51NO3/c1-17(2)24-12-19(13-25(18(3)4)28(24)33-6)14-26-23-11-10-21(16-27(23)30-29(26)31)20-8-7-9-22(15-20)32-5/h17-24,26-27,29-31H,7-16H2,1-6H3. The second kappa shape index (κ2) is 11.0. The minimum atomic E-state index is -0.329. The summed E-state index contributed by atoms with van der Waals surface area (Å²) >= 11 is 0. The Labute approximate surface area is 203 Å². The lowest BCUT2D eigenvalue weighted by atomic mass is 9.65. The summed E-state index contributed by atoms with van der Waals surface area (Å²) in [5, 5.41) is 14.8. The summed E-state index contributed by atoms with van der Waals surface area (Å²) in [5.74, 6) is 6.25. The Morgan fingerprint density at radius 3 is 2.39 bits per heavy atom. The molecule has 4 rings (SSSR count). The predicted molar refractivity (Wildman–Crippen MR) is 135 cm³/mol. The van der Waals surface area contributed by atoms with Crippen LogP contribution in [0.5, 0.6) is 0 Å². The fourth-order valence-electron chi connectivity index (χ4n) is 8.20. The highest BCUT2D eigenvalue weighted by molar-refractivity contribution is 5.19. The molecular formula is C29H51NO3. The smallest absolute Gasteiger partial charge is 0.108 e. The molecule has 0 amide bonds. The van der Waals surface area contributed by atoms with Crippen molar-refractivity contribution in [2.75, 3.05) is 14.2 Å². The first kappa shape index (κ1) is 25.5. The van der Waals surface area contributed by atoms with E-state index in [1.165, 1.54) is 62.7 Å². The van der Waals surface area contributed by atoms with E-state index in [4.69, 9.17) is 9.47 Å². The Morgan fingerprint density at radius 2 is 1.73 bits per heavy atom. The third-order valence-corrected chi connectivity index (χ3v) is 10.0. The van der Waals surface area contributed by atoms with Gasteiger partial charge in [0.2, 0.25) is 0 Å². The van der Waals surface area contributed by atoms with Crippen molar-refractivity contribution in [3.05, 3.63) is 11.3 Å². The zero-order valence-corrected chi connectivity index (χ0v) is 22.2. The van der Waals surface area contributed by atoms with E-state index in [-0.39, 0.29) is 6.23 Å². The van der Waals surface area contributed by atoms with Gasteiger partial charge >= 0.3 is 0 Å². The van der Waals surface area contributed by atoms with Crippen molar-refractivity contribution in [2.45, 2.75) is 110 Å². The van der Waals surface area contributed by atoms with E-state index < -0.39 is 0 Å². The zero-order valence-electron chi connectivity index (χ0n) is 22.2. The molecule has 33 heavy (non-hydrogen) atoms. The maximum absolute atomic E-state index is 11.1. The van der Waals surface area contributed by atoms with Crippen molar-refractivity contribution >= 4 is 0 Å². The molecule has 0 bridgehead atoms. The van der Waals surface area contributed by atoms with E-state index in [0.29, 0.717) is 47.7 Å². The van der Waals surface area contributed by atoms with Crippen molar-refractivity contribution in [1.29, 1.82) is 0 Å². The molecule has 0 aromatic heterocycles. The topological polar surface area (TPSA) is 50.7 Å². The second-order valence-electron chi connectivity index (χ2n) is 12.5. The van der Waals surface area contributed by atoms with Crippen LogP contribution in [-0.2, 0) is 9.47 Å². The number of nitrogens with one attached hydrogen (secondary N) is 1. The van der Waals surface area contributed by atoms with Crippen LogP contribution >= 0.6 is 0 Å². The van der Waals surface area contributed by atoms with Gasteiger partial charge in [-0.2, -0.15) is 0 Å². The SMILES string of the molecule is COC1=C(C(C)C)CC(CC2C(O)NC3CC(C4CCCC(OC)C4)CCC32)CC1C(C)C. The molecule has 2 N–H and O–H groups in total. The van der Waals surface area contributed by atoms with Gasteiger partial charge in [-0.15, -0.1) is 0 Å². The number of methoxy groups -OCH3 is 2. The van der Waals surface area contributed by atoms with Crippen LogP contribution in [0.2, 0.25) is 0 Å². The lowest BCUT2D eigenvalue weighted by Crippen LogP contribution is -2.39. The molecule has 0 aromatic rings. The van der Waals surface area contributed by atoms with Gasteiger partial charge in [-0.05, 0) is 98.9 Å². The average Bonchev–Trinajstić information content (AvgIpc) is 3.12. The summed E-state index contributed by atoms with van der Waals surface area (Å²) in [6.07, 6.45) is 12.7. The molecule has 9 atom stereocenters. The summed E-state index contributed by atoms with van der Waals surface area (Å²) in [5.41, 5.74) is 1.53. The van der Waals surface area contributed by atoms with Gasteiger partial charge in [-0.1, -0.05) is 34.1 Å². The Kier molecular flexibility index (Phi) is 8.50. The fourth-order valence-corrected chi connectivity index (χ4v) is 8.20. The first-order valence-electron chi connectivity index (χ1n) is 14.1. The van der Waals surface area contributed by atoms with Gasteiger partial charge < -0.3 is 14.6 Å². The lowest BCUT2D eigenvalue weighted by molar-refractivity contribution is 0.0247. The number of hydrogen-bond donors (Lipinski definition) is 2. The molecule has 190 valence electrons. The molecule has 1 saturated heterocycles. The monoisotopic (exact) mass is 461 g/mol. The van der Waals surface area contributed by atoms with Gasteiger partial charge in [0.05, 0.1) is 19.0 Å². The van der Waals surface area contributed by atoms with Crippen molar-refractivity contribution in [3.8, 4) is 0 Å². The van der Waals surface area contributed by atoms with Crippen molar-refractivity contribution < 1.29 is 14.6 Å². The highest BCUT2D eigenvalue weighted by Gasteiger charge is 2.47. The van der Waals surface area contributed by atoms with Gasteiger partial charge in [0, 0.05) is 25.0 Å². The van der Waals surface area contributed by atoms with Gasteiger partial charge in [0.1, 0.15) is 6.23 Å². The summed E-state index contributed by atoms with van der Waals surface area (Å²) in [4.78, 5) is 0. The summed E-state index contributed by atoms with van der Waals surface area (Å²) in [6, 6.07) is 0.505. The van der Waals surface area contributed by atoms with Gasteiger partial charge in [0.15, 0.2) is 0 Å². The predicted octanol–water partition coefficient (Wildman–Crippen LogP) is 6.14. The molecule has 0 spiro atoms. The third kappa shape index (κ3) is 5.48. The van der Waals surface area contributed by atoms with Crippen molar-refractivity contribution in [1.82, 2.24) is 5.32 Å². The maximum atomic E-state index is 11.1. The molecule has 1 aliphatic heterocycles. The number of aliphatic hydroxyl groups is 1. The number of fused-ring (bicyclic) bond motifs is 1. The van der Waals surface area contributed by atoms with Gasteiger partial charge in [0.25, 0.3) is 0 Å². The van der Waals surface area contributed by atoms with Crippen LogP contribution in [0.15, 0.2) is 11.3 Å². The Hall–Kier alpha value is -0.580. The molecular weight excluding hydrogens is 410 g/mol. The molecule has 9 unspecified atom stereocenters. The summed E-state index contributed by atoms with van der Waals surface area (Å²) in [6.45, 7) is 9.31. The fraction of sp³-hybridized carbons (Fsp3) is 0.931.